The van der Waals surface area contributed by atoms with E-state index in [1.807, 2.05) is 43.3 Å². The lowest BCUT2D eigenvalue weighted by atomic mass is 10.3. The van der Waals surface area contributed by atoms with E-state index in [0.717, 1.165) is 17.9 Å². The van der Waals surface area contributed by atoms with Crippen LogP contribution >= 0.6 is 24.0 Å². The number of pyridine rings is 1. The van der Waals surface area contributed by atoms with Crippen LogP contribution in [0.25, 0.3) is 0 Å². The Balaban J connectivity index is 0.00000338. The second-order valence-electron chi connectivity index (χ2n) is 5.04. The smallest absolute Gasteiger partial charge is 0.219 e. The molecule has 0 amide bonds. The molecule has 2 aromatic rings. The van der Waals surface area contributed by atoms with Gasteiger partial charge < -0.3 is 20.1 Å². The van der Waals surface area contributed by atoms with Crippen LogP contribution in [0.5, 0.6) is 17.4 Å². The third kappa shape index (κ3) is 7.19. The number of nitrogens with zero attached hydrogens (tertiary/aromatic N) is 2. The summed E-state index contributed by atoms with van der Waals surface area (Å²) in [5.74, 6) is 5.21. The zero-order valence-corrected chi connectivity index (χ0v) is 17.2. The number of nitrogens with one attached hydrogen (secondary N) is 2. The Morgan fingerprint density at radius 3 is 2.46 bits per heavy atom. The summed E-state index contributed by atoms with van der Waals surface area (Å²) in [5, 5.41) is 6.17. The van der Waals surface area contributed by atoms with E-state index in [2.05, 4.69) is 26.5 Å². The number of methoxy groups -OCH3 is 1. The van der Waals surface area contributed by atoms with Gasteiger partial charge in [0.1, 0.15) is 11.5 Å². The molecule has 0 saturated carbocycles. The van der Waals surface area contributed by atoms with Crippen molar-refractivity contribution >= 4 is 29.9 Å². The number of hydrogen-bond acceptors (Lipinski definition) is 4. The summed E-state index contributed by atoms with van der Waals surface area (Å²) in [4.78, 5) is 8.76. The summed E-state index contributed by atoms with van der Waals surface area (Å²) in [6.45, 7) is 3.69. The zero-order chi connectivity index (χ0) is 17.9. The third-order valence-electron chi connectivity index (χ3n) is 3.20. The van der Waals surface area contributed by atoms with Gasteiger partial charge in [-0.2, -0.15) is 0 Å². The molecule has 1 aromatic carbocycles. The Bertz CT molecular complexity index is 725. The van der Waals surface area contributed by atoms with Gasteiger partial charge in [-0.3, -0.25) is 0 Å². The lowest BCUT2D eigenvalue weighted by Crippen LogP contribution is -2.37. The fourth-order valence-electron chi connectivity index (χ4n) is 1.98. The first-order valence-electron chi connectivity index (χ1n) is 7.97. The Morgan fingerprint density at radius 2 is 1.88 bits per heavy atom. The molecule has 6 nitrogen and oxygen atoms in total. The number of ether oxygens (including phenoxy) is 2. The molecule has 0 aliphatic heterocycles. The summed E-state index contributed by atoms with van der Waals surface area (Å²) in [5.41, 5.74) is 0.972. The number of terminal acetylenes is 1. The summed E-state index contributed by atoms with van der Waals surface area (Å²) in [7, 11) is 1.63. The van der Waals surface area contributed by atoms with Crippen molar-refractivity contribution in [1.29, 1.82) is 0 Å². The van der Waals surface area contributed by atoms with Crippen molar-refractivity contribution in [3.05, 3.63) is 48.2 Å². The van der Waals surface area contributed by atoms with Crippen molar-refractivity contribution < 1.29 is 9.47 Å². The van der Waals surface area contributed by atoms with Gasteiger partial charge in [-0.1, -0.05) is 12.0 Å². The molecule has 0 fully saturated rings. The highest BCUT2D eigenvalue weighted by molar-refractivity contribution is 14.0. The predicted octanol–water partition coefficient (Wildman–Crippen LogP) is 3.19. The molecule has 26 heavy (non-hydrogen) atoms. The van der Waals surface area contributed by atoms with Gasteiger partial charge in [0.25, 0.3) is 0 Å². The van der Waals surface area contributed by atoms with Crippen molar-refractivity contribution in [3.8, 4) is 29.7 Å². The summed E-state index contributed by atoms with van der Waals surface area (Å²) >= 11 is 0. The standard InChI is InChI=1S/C19H22N4O2.HI/c1-4-12-21-19(20-5-2)23-14-15-6-11-18(22-13-15)25-17-9-7-16(24-3)8-10-17;/h1,6-11,13H,5,12,14H2,2-3H3,(H2,20,21,23);1H. The maximum Gasteiger partial charge on any atom is 0.219 e. The van der Waals surface area contributed by atoms with Crippen molar-refractivity contribution in [2.45, 2.75) is 13.5 Å². The van der Waals surface area contributed by atoms with E-state index in [0.29, 0.717) is 30.7 Å². The lowest BCUT2D eigenvalue weighted by Gasteiger charge is -2.09. The van der Waals surface area contributed by atoms with Crippen LogP contribution < -0.4 is 20.1 Å². The van der Waals surface area contributed by atoms with Crippen LogP contribution in [0, 0.1) is 12.3 Å². The molecule has 0 saturated heterocycles. The number of aliphatic imine (C=N–C) groups is 1. The lowest BCUT2D eigenvalue weighted by molar-refractivity contribution is 0.412. The van der Waals surface area contributed by atoms with Gasteiger partial charge in [0.2, 0.25) is 5.88 Å². The fraction of sp³-hybridized carbons (Fsp3) is 0.263. The number of rotatable bonds is 7. The van der Waals surface area contributed by atoms with Crippen LogP contribution in [0.3, 0.4) is 0 Å². The van der Waals surface area contributed by atoms with Crippen LogP contribution in [0.4, 0.5) is 0 Å². The van der Waals surface area contributed by atoms with Gasteiger partial charge in [-0.15, -0.1) is 30.4 Å². The van der Waals surface area contributed by atoms with Gasteiger partial charge in [0.15, 0.2) is 5.96 Å². The molecule has 0 radical (unpaired) electrons. The first kappa shape index (κ1) is 21.6. The van der Waals surface area contributed by atoms with E-state index in [1.54, 1.807) is 13.3 Å². The average Bonchev–Trinajstić information content (AvgIpc) is 2.66. The Morgan fingerprint density at radius 1 is 1.15 bits per heavy atom. The molecular formula is C19H23IN4O2. The summed E-state index contributed by atoms with van der Waals surface area (Å²) < 4.78 is 10.8. The molecule has 0 spiro atoms. The largest absolute Gasteiger partial charge is 0.497 e. The van der Waals surface area contributed by atoms with Gasteiger partial charge in [-0.25, -0.2) is 9.98 Å². The molecule has 7 heteroatoms. The number of guanidine groups is 1. The summed E-state index contributed by atoms with van der Waals surface area (Å²) in [6.07, 6.45) is 6.99. The SMILES string of the molecule is C#CCNC(=NCc1ccc(Oc2ccc(OC)cc2)nc1)NCC.I. The Labute approximate surface area is 171 Å². The summed E-state index contributed by atoms with van der Waals surface area (Å²) in [6, 6.07) is 11.1. The monoisotopic (exact) mass is 466 g/mol. The van der Waals surface area contributed by atoms with Crippen molar-refractivity contribution in [1.82, 2.24) is 15.6 Å². The minimum Gasteiger partial charge on any atom is -0.497 e. The minimum absolute atomic E-state index is 0. The van der Waals surface area contributed by atoms with Crippen molar-refractivity contribution in [2.24, 2.45) is 4.99 Å². The van der Waals surface area contributed by atoms with E-state index < -0.39 is 0 Å². The highest BCUT2D eigenvalue weighted by Gasteiger charge is 2.01. The van der Waals surface area contributed by atoms with Crippen LogP contribution in [-0.2, 0) is 6.54 Å². The van der Waals surface area contributed by atoms with Crippen LogP contribution in [0.1, 0.15) is 12.5 Å². The molecule has 138 valence electrons. The van der Waals surface area contributed by atoms with E-state index in [-0.39, 0.29) is 24.0 Å². The molecule has 2 rings (SSSR count). The van der Waals surface area contributed by atoms with Gasteiger partial charge in [-0.05, 0) is 36.8 Å². The van der Waals surface area contributed by atoms with E-state index in [1.165, 1.54) is 0 Å². The second-order valence-corrected chi connectivity index (χ2v) is 5.04. The molecule has 2 N–H and O–H groups in total. The predicted molar refractivity (Wildman–Crippen MR) is 114 cm³/mol. The average molecular weight is 466 g/mol. The van der Waals surface area contributed by atoms with E-state index in [9.17, 15) is 0 Å². The topological polar surface area (TPSA) is 67.8 Å². The number of hydrogen-bond donors (Lipinski definition) is 2. The minimum atomic E-state index is 0. The quantitative estimate of drug-likeness (QED) is 0.284. The maximum absolute atomic E-state index is 5.70. The van der Waals surface area contributed by atoms with Crippen LogP contribution in [0.2, 0.25) is 0 Å². The van der Waals surface area contributed by atoms with Gasteiger partial charge in [0.05, 0.1) is 20.2 Å². The van der Waals surface area contributed by atoms with Crippen LogP contribution in [0.15, 0.2) is 47.6 Å². The van der Waals surface area contributed by atoms with Gasteiger partial charge in [0, 0.05) is 18.8 Å². The normalized spacial score (nSPS) is 10.3. The zero-order valence-electron chi connectivity index (χ0n) is 14.9. The van der Waals surface area contributed by atoms with E-state index in [4.69, 9.17) is 15.9 Å². The van der Waals surface area contributed by atoms with E-state index >= 15 is 0 Å². The van der Waals surface area contributed by atoms with Gasteiger partial charge >= 0.3 is 0 Å². The highest BCUT2D eigenvalue weighted by atomic mass is 127. The Kier molecular flexibility index (Phi) is 9.94. The molecule has 0 aliphatic rings. The molecule has 0 atom stereocenters. The first-order valence-corrected chi connectivity index (χ1v) is 7.97. The highest BCUT2D eigenvalue weighted by Crippen LogP contribution is 2.22. The molecule has 0 aliphatic carbocycles. The maximum atomic E-state index is 5.70. The third-order valence-corrected chi connectivity index (χ3v) is 3.20. The number of halogens is 1. The Hall–Kier alpha value is -2.47. The number of benzene rings is 1. The molecule has 1 aromatic heterocycles. The number of aromatic nitrogens is 1. The van der Waals surface area contributed by atoms with Crippen molar-refractivity contribution in [3.63, 3.8) is 0 Å². The molecule has 0 unspecified atom stereocenters. The van der Waals surface area contributed by atoms with Crippen molar-refractivity contribution in [2.75, 3.05) is 20.2 Å². The molecule has 1 heterocycles. The fourth-order valence-corrected chi connectivity index (χ4v) is 1.98. The molecule has 0 bridgehead atoms. The first-order chi connectivity index (χ1) is 12.2. The molecular weight excluding hydrogens is 443 g/mol. The second kappa shape index (κ2) is 12.0. The van der Waals surface area contributed by atoms with Crippen LogP contribution in [-0.4, -0.2) is 31.1 Å².